The van der Waals surface area contributed by atoms with E-state index in [0.29, 0.717) is 27.3 Å². The molecule has 0 N–H and O–H groups in total. The van der Waals surface area contributed by atoms with E-state index in [-0.39, 0.29) is 30.5 Å². The highest BCUT2D eigenvalue weighted by Gasteiger charge is 2.21. The van der Waals surface area contributed by atoms with Crippen molar-refractivity contribution in [1.29, 1.82) is 0 Å². The molecule has 0 radical (unpaired) electrons. The molecule has 3 aromatic rings. The minimum absolute atomic E-state index is 0.0967. The molecule has 168 valence electrons. The lowest BCUT2D eigenvalue weighted by atomic mass is 10.2. The molecule has 0 unspecified atom stereocenters. The lowest BCUT2D eigenvalue weighted by Crippen LogP contribution is -2.25. The standard InChI is InChI=1S/C21H20N2O7S2/c1-2-28-20(25)10-23-15-8-16-17(30-13-29-16)9-18(15)31-21(23)22-19(24)12-32(26,27)11-14-6-4-3-5-7-14/h3-9H,2,10-13H2,1H3. The number of aromatic nitrogens is 1. The van der Waals surface area contributed by atoms with Crippen LogP contribution in [0.15, 0.2) is 47.5 Å². The largest absolute Gasteiger partial charge is 0.465 e. The topological polar surface area (TPSA) is 113 Å². The second kappa shape index (κ2) is 9.13. The van der Waals surface area contributed by atoms with Crippen molar-refractivity contribution in [2.75, 3.05) is 19.2 Å². The third-order valence-electron chi connectivity index (χ3n) is 4.56. The number of carbonyl (C=O) groups is 2. The predicted molar refractivity (Wildman–Crippen MR) is 117 cm³/mol. The van der Waals surface area contributed by atoms with Crippen molar-refractivity contribution >= 4 is 43.3 Å². The number of hydrogen-bond donors (Lipinski definition) is 0. The maximum absolute atomic E-state index is 12.5. The zero-order valence-electron chi connectivity index (χ0n) is 17.1. The Bertz CT molecular complexity index is 1340. The fourth-order valence-corrected chi connectivity index (χ4v) is 5.54. The summed E-state index contributed by atoms with van der Waals surface area (Å²) in [5, 5.41) is 0. The highest BCUT2D eigenvalue weighted by molar-refractivity contribution is 7.91. The van der Waals surface area contributed by atoms with Gasteiger partial charge in [0.05, 0.1) is 22.6 Å². The van der Waals surface area contributed by atoms with Crippen molar-refractivity contribution in [3.05, 3.63) is 52.8 Å². The first-order valence-electron chi connectivity index (χ1n) is 9.75. The molecule has 1 aliphatic heterocycles. The lowest BCUT2D eigenvalue weighted by Gasteiger charge is -2.06. The lowest BCUT2D eigenvalue weighted by molar-refractivity contribution is -0.143. The van der Waals surface area contributed by atoms with Crippen LogP contribution in [-0.4, -0.2) is 44.0 Å². The van der Waals surface area contributed by atoms with Crippen LogP contribution in [0, 0.1) is 0 Å². The van der Waals surface area contributed by atoms with Crippen molar-refractivity contribution in [2.24, 2.45) is 4.99 Å². The number of rotatable bonds is 7. The summed E-state index contributed by atoms with van der Waals surface area (Å²) in [5.41, 5.74) is 1.19. The van der Waals surface area contributed by atoms with Gasteiger partial charge >= 0.3 is 5.97 Å². The number of fused-ring (bicyclic) bond motifs is 2. The molecule has 1 aliphatic rings. The van der Waals surface area contributed by atoms with Gasteiger partial charge in [-0.3, -0.25) is 9.59 Å². The third-order valence-corrected chi connectivity index (χ3v) is 7.06. The molecule has 2 aromatic carbocycles. The highest BCUT2D eigenvalue weighted by Crippen LogP contribution is 2.37. The molecule has 11 heteroatoms. The SMILES string of the molecule is CCOC(=O)Cn1c(=NC(=O)CS(=O)(=O)Cc2ccccc2)sc2cc3c(cc21)OCO3. The average Bonchev–Trinajstić information content (AvgIpc) is 3.30. The maximum Gasteiger partial charge on any atom is 0.326 e. The Hall–Kier alpha value is -3.18. The molecule has 2 heterocycles. The van der Waals surface area contributed by atoms with Crippen LogP contribution in [0.3, 0.4) is 0 Å². The maximum atomic E-state index is 12.5. The second-order valence-electron chi connectivity index (χ2n) is 6.97. The minimum Gasteiger partial charge on any atom is -0.465 e. The fraction of sp³-hybridized carbons (Fsp3) is 0.286. The van der Waals surface area contributed by atoms with E-state index >= 15 is 0 Å². The number of carbonyl (C=O) groups excluding carboxylic acids is 2. The van der Waals surface area contributed by atoms with E-state index in [1.807, 2.05) is 0 Å². The van der Waals surface area contributed by atoms with Crippen molar-refractivity contribution in [3.8, 4) is 11.5 Å². The Morgan fingerprint density at radius 3 is 2.59 bits per heavy atom. The zero-order valence-corrected chi connectivity index (χ0v) is 18.8. The van der Waals surface area contributed by atoms with Gasteiger partial charge in [-0.2, -0.15) is 4.99 Å². The summed E-state index contributed by atoms with van der Waals surface area (Å²) in [6.07, 6.45) is 0. The Kier molecular flexibility index (Phi) is 6.28. The van der Waals surface area contributed by atoms with Gasteiger partial charge in [0.1, 0.15) is 12.3 Å². The zero-order chi connectivity index (χ0) is 22.7. The van der Waals surface area contributed by atoms with Gasteiger partial charge < -0.3 is 18.8 Å². The molecule has 4 rings (SSSR count). The Morgan fingerprint density at radius 2 is 1.88 bits per heavy atom. The van der Waals surface area contributed by atoms with Gasteiger partial charge in [-0.25, -0.2) is 8.42 Å². The first kappa shape index (κ1) is 22.0. The molecule has 32 heavy (non-hydrogen) atoms. The van der Waals surface area contributed by atoms with Crippen LogP contribution in [0.4, 0.5) is 0 Å². The molecule has 0 saturated carbocycles. The molecular weight excluding hydrogens is 456 g/mol. The van der Waals surface area contributed by atoms with E-state index in [1.54, 1.807) is 49.4 Å². The highest BCUT2D eigenvalue weighted by atomic mass is 32.2. The molecule has 0 saturated heterocycles. The second-order valence-corrected chi connectivity index (χ2v) is 10.0. The fourth-order valence-electron chi connectivity index (χ4n) is 3.24. The van der Waals surface area contributed by atoms with Crippen LogP contribution in [0.25, 0.3) is 10.2 Å². The molecule has 0 spiro atoms. The van der Waals surface area contributed by atoms with Crippen LogP contribution < -0.4 is 14.3 Å². The van der Waals surface area contributed by atoms with Gasteiger partial charge in [0, 0.05) is 12.1 Å². The predicted octanol–water partition coefficient (Wildman–Crippen LogP) is 2.04. The van der Waals surface area contributed by atoms with E-state index in [4.69, 9.17) is 14.2 Å². The summed E-state index contributed by atoms with van der Waals surface area (Å²) in [7, 11) is -3.72. The number of amides is 1. The van der Waals surface area contributed by atoms with Crippen molar-refractivity contribution < 1.29 is 32.2 Å². The van der Waals surface area contributed by atoms with Crippen LogP contribution in [0.5, 0.6) is 11.5 Å². The Balaban J connectivity index is 1.67. The molecule has 0 bridgehead atoms. The van der Waals surface area contributed by atoms with E-state index in [0.717, 1.165) is 11.3 Å². The number of thiazole rings is 1. The van der Waals surface area contributed by atoms with Crippen molar-refractivity contribution in [1.82, 2.24) is 4.57 Å². The van der Waals surface area contributed by atoms with Crippen LogP contribution in [0.1, 0.15) is 12.5 Å². The Labute approximate surface area is 187 Å². The summed E-state index contributed by atoms with van der Waals surface area (Å²) in [4.78, 5) is 28.9. The van der Waals surface area contributed by atoms with Gasteiger partial charge in [-0.1, -0.05) is 41.7 Å². The number of nitrogens with zero attached hydrogens (tertiary/aromatic N) is 2. The first-order valence-corrected chi connectivity index (χ1v) is 12.4. The summed E-state index contributed by atoms with van der Waals surface area (Å²) in [5.74, 6) is -1.26. The van der Waals surface area contributed by atoms with E-state index in [2.05, 4.69) is 4.99 Å². The summed E-state index contributed by atoms with van der Waals surface area (Å²) in [6, 6.07) is 12.0. The summed E-state index contributed by atoms with van der Waals surface area (Å²) in [6.45, 7) is 1.81. The number of hydrogen-bond acceptors (Lipinski definition) is 8. The van der Waals surface area contributed by atoms with E-state index in [9.17, 15) is 18.0 Å². The van der Waals surface area contributed by atoms with Crippen LogP contribution in [-0.2, 0) is 36.5 Å². The molecule has 1 amide bonds. The van der Waals surface area contributed by atoms with Gasteiger partial charge in [0.2, 0.25) is 6.79 Å². The average molecular weight is 477 g/mol. The van der Waals surface area contributed by atoms with Gasteiger partial charge in [-0.15, -0.1) is 0 Å². The number of esters is 1. The van der Waals surface area contributed by atoms with Crippen LogP contribution in [0.2, 0.25) is 0 Å². The molecule has 0 atom stereocenters. The number of benzene rings is 2. The molecule has 0 aliphatic carbocycles. The quantitative estimate of drug-likeness (QED) is 0.480. The smallest absolute Gasteiger partial charge is 0.326 e. The molecule has 9 nitrogen and oxygen atoms in total. The number of sulfone groups is 1. The monoisotopic (exact) mass is 476 g/mol. The van der Waals surface area contributed by atoms with E-state index in [1.165, 1.54) is 4.57 Å². The third kappa shape index (κ3) is 5.00. The van der Waals surface area contributed by atoms with Gasteiger partial charge in [0.25, 0.3) is 5.91 Å². The molecule has 1 aromatic heterocycles. The van der Waals surface area contributed by atoms with Crippen molar-refractivity contribution in [3.63, 3.8) is 0 Å². The van der Waals surface area contributed by atoms with Gasteiger partial charge in [0.15, 0.2) is 26.1 Å². The molecular formula is C21H20N2O7S2. The minimum atomic E-state index is -3.72. The summed E-state index contributed by atoms with van der Waals surface area (Å²) >= 11 is 1.15. The summed E-state index contributed by atoms with van der Waals surface area (Å²) < 4.78 is 43.0. The Morgan fingerprint density at radius 1 is 1.16 bits per heavy atom. The normalized spacial score (nSPS) is 13.5. The number of ether oxygens (including phenoxy) is 3. The molecule has 0 fully saturated rings. The van der Waals surface area contributed by atoms with Crippen LogP contribution >= 0.6 is 11.3 Å². The first-order chi connectivity index (χ1) is 15.3. The van der Waals surface area contributed by atoms with Crippen molar-refractivity contribution in [2.45, 2.75) is 19.2 Å². The van der Waals surface area contributed by atoms with Gasteiger partial charge in [-0.05, 0) is 12.5 Å². The van der Waals surface area contributed by atoms with E-state index < -0.39 is 27.5 Å².